The van der Waals surface area contributed by atoms with E-state index in [9.17, 15) is 9.90 Å². The van der Waals surface area contributed by atoms with Crippen LogP contribution in [-0.2, 0) is 16.0 Å². The summed E-state index contributed by atoms with van der Waals surface area (Å²) in [5, 5.41) is 10.8. The van der Waals surface area contributed by atoms with Gasteiger partial charge in [-0.15, -0.1) is 0 Å². The van der Waals surface area contributed by atoms with Crippen LogP contribution in [0.5, 0.6) is 0 Å². The van der Waals surface area contributed by atoms with Crippen molar-refractivity contribution in [2.45, 2.75) is 52.1 Å². The predicted molar refractivity (Wildman–Crippen MR) is 108 cm³/mol. The van der Waals surface area contributed by atoms with E-state index in [1.54, 1.807) is 0 Å². The van der Waals surface area contributed by atoms with Crippen LogP contribution in [0.15, 0.2) is 72.0 Å². The zero-order valence-electron chi connectivity index (χ0n) is 16.3. The van der Waals surface area contributed by atoms with Crippen molar-refractivity contribution in [3.8, 4) is 0 Å². The number of carbonyl (C=O) groups excluding carboxylic acids is 1. The number of cyclic esters (lactones) is 1. The third-order valence-corrected chi connectivity index (χ3v) is 5.11. The number of aliphatic hydroxyl groups excluding tert-OH is 1. The van der Waals surface area contributed by atoms with Crippen molar-refractivity contribution < 1.29 is 14.6 Å². The van der Waals surface area contributed by atoms with Crippen LogP contribution in [0, 0.1) is 5.41 Å². The summed E-state index contributed by atoms with van der Waals surface area (Å²) in [5.74, 6) is -0.483. The molecule has 0 bridgehead atoms. The molecule has 1 aliphatic rings. The molecular weight excluding hydrogens is 336 g/mol. The number of aliphatic hydroxyl groups is 1. The number of carbonyl (C=O) groups is 1. The number of esters is 1. The van der Waals surface area contributed by atoms with Crippen molar-refractivity contribution in [3.05, 3.63) is 83.1 Å². The standard InChI is InChI=1S/C24H28O3/c1-24(2,3)21(18-14-8-5-9-15-18)20-22(25)19(27-23(20)26)16-10-13-17-11-6-4-7-12-17/h4-9,11-12,14-15,19,21,25H,10,13,16H2,1-3H3. The number of rotatable bonds is 6. The van der Waals surface area contributed by atoms with Crippen LogP contribution >= 0.6 is 0 Å². The van der Waals surface area contributed by atoms with E-state index in [2.05, 4.69) is 32.9 Å². The highest BCUT2D eigenvalue weighted by Crippen LogP contribution is 2.45. The Morgan fingerprint density at radius 3 is 2.19 bits per heavy atom. The van der Waals surface area contributed by atoms with Crippen LogP contribution in [0.25, 0.3) is 0 Å². The van der Waals surface area contributed by atoms with Gasteiger partial charge in [-0.1, -0.05) is 81.4 Å². The lowest BCUT2D eigenvalue weighted by Gasteiger charge is -2.31. The van der Waals surface area contributed by atoms with Crippen molar-refractivity contribution in [3.63, 3.8) is 0 Å². The van der Waals surface area contributed by atoms with E-state index in [4.69, 9.17) is 4.74 Å². The second kappa shape index (κ2) is 7.99. The molecule has 2 aromatic carbocycles. The highest BCUT2D eigenvalue weighted by atomic mass is 16.6. The topological polar surface area (TPSA) is 46.5 Å². The fraction of sp³-hybridized carbons (Fsp3) is 0.375. The third kappa shape index (κ3) is 4.41. The average Bonchev–Trinajstić information content (AvgIpc) is 2.91. The summed E-state index contributed by atoms with van der Waals surface area (Å²) >= 11 is 0. The number of ether oxygens (including phenoxy) is 1. The predicted octanol–water partition coefficient (Wildman–Crippen LogP) is 5.58. The summed E-state index contributed by atoms with van der Waals surface area (Å²) in [6.45, 7) is 6.25. The van der Waals surface area contributed by atoms with Gasteiger partial charge in [-0.2, -0.15) is 0 Å². The highest BCUT2D eigenvalue weighted by Gasteiger charge is 2.43. The lowest BCUT2D eigenvalue weighted by molar-refractivity contribution is -0.140. The van der Waals surface area contributed by atoms with Gasteiger partial charge < -0.3 is 9.84 Å². The van der Waals surface area contributed by atoms with Crippen molar-refractivity contribution in [1.29, 1.82) is 0 Å². The Balaban J connectivity index is 1.79. The van der Waals surface area contributed by atoms with Crippen LogP contribution in [0.3, 0.4) is 0 Å². The van der Waals surface area contributed by atoms with Gasteiger partial charge in [0.2, 0.25) is 0 Å². The van der Waals surface area contributed by atoms with Crippen LogP contribution in [-0.4, -0.2) is 17.2 Å². The molecule has 142 valence electrons. The first-order chi connectivity index (χ1) is 12.9. The SMILES string of the molecule is CC(C)(C)C(C1=C(O)C(CCCc2ccccc2)OC1=O)c1ccccc1. The summed E-state index contributed by atoms with van der Waals surface area (Å²) in [4.78, 5) is 12.6. The van der Waals surface area contributed by atoms with E-state index < -0.39 is 6.10 Å². The minimum Gasteiger partial charge on any atom is -0.508 e. The first-order valence-corrected chi connectivity index (χ1v) is 9.61. The summed E-state index contributed by atoms with van der Waals surface area (Å²) < 4.78 is 5.56. The highest BCUT2D eigenvalue weighted by molar-refractivity contribution is 5.93. The number of hydrogen-bond acceptors (Lipinski definition) is 3. The second-order valence-electron chi connectivity index (χ2n) is 8.28. The Kier molecular flexibility index (Phi) is 5.69. The van der Waals surface area contributed by atoms with Crippen molar-refractivity contribution >= 4 is 5.97 Å². The molecule has 0 aromatic heterocycles. The van der Waals surface area contributed by atoms with Gasteiger partial charge >= 0.3 is 5.97 Å². The molecule has 0 fully saturated rings. The van der Waals surface area contributed by atoms with Gasteiger partial charge in [0.1, 0.15) is 5.76 Å². The molecule has 2 aromatic rings. The molecule has 3 rings (SSSR count). The van der Waals surface area contributed by atoms with Crippen LogP contribution in [0.4, 0.5) is 0 Å². The molecule has 0 saturated heterocycles. The minimum atomic E-state index is -0.537. The Morgan fingerprint density at radius 2 is 1.59 bits per heavy atom. The lowest BCUT2D eigenvalue weighted by atomic mass is 9.72. The Morgan fingerprint density at radius 1 is 1.00 bits per heavy atom. The van der Waals surface area contributed by atoms with Crippen molar-refractivity contribution in [1.82, 2.24) is 0 Å². The van der Waals surface area contributed by atoms with E-state index in [1.165, 1.54) is 5.56 Å². The Bertz CT molecular complexity index is 801. The zero-order chi connectivity index (χ0) is 19.4. The quantitative estimate of drug-likeness (QED) is 0.681. The fourth-order valence-corrected chi connectivity index (χ4v) is 3.87. The molecule has 0 aliphatic carbocycles. The molecule has 0 amide bonds. The molecule has 1 aliphatic heterocycles. The lowest BCUT2D eigenvalue weighted by Crippen LogP contribution is -2.24. The van der Waals surface area contributed by atoms with Gasteiger partial charge in [0, 0.05) is 5.92 Å². The molecule has 2 atom stereocenters. The molecule has 3 nitrogen and oxygen atoms in total. The zero-order valence-corrected chi connectivity index (χ0v) is 16.3. The first-order valence-electron chi connectivity index (χ1n) is 9.61. The molecule has 27 heavy (non-hydrogen) atoms. The average molecular weight is 364 g/mol. The van der Waals surface area contributed by atoms with E-state index in [0.717, 1.165) is 18.4 Å². The minimum absolute atomic E-state index is 0.108. The molecule has 1 N–H and O–H groups in total. The van der Waals surface area contributed by atoms with Gasteiger partial charge in [0.05, 0.1) is 5.57 Å². The molecule has 2 unspecified atom stereocenters. The van der Waals surface area contributed by atoms with Gasteiger partial charge in [0.15, 0.2) is 6.10 Å². The van der Waals surface area contributed by atoms with E-state index in [1.807, 2.05) is 48.5 Å². The van der Waals surface area contributed by atoms with E-state index in [-0.39, 0.29) is 23.1 Å². The van der Waals surface area contributed by atoms with Crippen LogP contribution in [0.2, 0.25) is 0 Å². The maximum Gasteiger partial charge on any atom is 0.338 e. The molecule has 0 spiro atoms. The van der Waals surface area contributed by atoms with Gasteiger partial charge in [-0.05, 0) is 35.8 Å². The smallest absolute Gasteiger partial charge is 0.338 e. The molecule has 3 heteroatoms. The number of hydrogen-bond donors (Lipinski definition) is 1. The maximum absolute atomic E-state index is 12.6. The van der Waals surface area contributed by atoms with Gasteiger partial charge in [-0.3, -0.25) is 0 Å². The molecule has 0 radical (unpaired) electrons. The van der Waals surface area contributed by atoms with E-state index >= 15 is 0 Å². The van der Waals surface area contributed by atoms with Gasteiger partial charge in [-0.25, -0.2) is 4.79 Å². The fourth-order valence-electron chi connectivity index (χ4n) is 3.87. The summed E-state index contributed by atoms with van der Waals surface area (Å²) in [5.41, 5.74) is 2.47. The maximum atomic E-state index is 12.6. The first kappa shape index (κ1) is 19.2. The van der Waals surface area contributed by atoms with Gasteiger partial charge in [0.25, 0.3) is 0 Å². The largest absolute Gasteiger partial charge is 0.508 e. The normalized spacial score (nSPS) is 18.5. The Labute approximate surface area is 161 Å². The summed E-state index contributed by atoms with van der Waals surface area (Å²) in [6.07, 6.45) is 1.84. The van der Waals surface area contributed by atoms with Crippen molar-refractivity contribution in [2.75, 3.05) is 0 Å². The Hall–Kier alpha value is -2.55. The van der Waals surface area contributed by atoms with Crippen LogP contribution in [0.1, 0.15) is 50.7 Å². The second-order valence-corrected chi connectivity index (χ2v) is 8.28. The number of benzene rings is 2. The summed E-state index contributed by atoms with van der Waals surface area (Å²) in [6, 6.07) is 20.1. The molecule has 0 saturated carbocycles. The third-order valence-electron chi connectivity index (χ3n) is 5.11. The summed E-state index contributed by atoms with van der Waals surface area (Å²) in [7, 11) is 0. The van der Waals surface area contributed by atoms with Crippen molar-refractivity contribution in [2.24, 2.45) is 5.41 Å². The molecular formula is C24H28O3. The monoisotopic (exact) mass is 364 g/mol. The van der Waals surface area contributed by atoms with E-state index in [0.29, 0.717) is 12.0 Å². The molecule has 1 heterocycles. The number of aryl methyl sites for hydroxylation is 1. The van der Waals surface area contributed by atoms with Crippen LogP contribution < -0.4 is 0 Å².